The van der Waals surface area contributed by atoms with Crippen molar-refractivity contribution in [2.75, 3.05) is 6.61 Å². The summed E-state index contributed by atoms with van der Waals surface area (Å²) in [5.74, 6) is 2.47. The van der Waals surface area contributed by atoms with Gasteiger partial charge in [0.15, 0.2) is 0 Å². The van der Waals surface area contributed by atoms with E-state index in [4.69, 9.17) is 15.9 Å². The minimum absolute atomic E-state index is 0. The Bertz CT molecular complexity index is 141. The van der Waals surface area contributed by atoms with Crippen LogP contribution in [0.3, 0.4) is 0 Å². The van der Waals surface area contributed by atoms with Crippen LogP contribution in [-0.2, 0) is 9.47 Å². The molecule has 0 amide bonds. The van der Waals surface area contributed by atoms with Crippen LogP contribution in [0.2, 0.25) is 0 Å². The third kappa shape index (κ3) is 7.77. The van der Waals surface area contributed by atoms with Crippen molar-refractivity contribution in [3.05, 3.63) is 6.61 Å². The van der Waals surface area contributed by atoms with Crippen molar-refractivity contribution in [3.63, 3.8) is 0 Å². The van der Waals surface area contributed by atoms with Gasteiger partial charge in [0.25, 0.3) is 0 Å². The maximum Gasteiger partial charge on any atom is 2.00 e. The minimum atomic E-state index is -0.0444. The Morgan fingerprint density at radius 2 is 2.31 bits per heavy atom. The van der Waals surface area contributed by atoms with Gasteiger partial charge in [-0.1, -0.05) is 6.42 Å². The Labute approximate surface area is 107 Å². The smallest absolute Gasteiger partial charge is 1.00 e. The van der Waals surface area contributed by atoms with Crippen LogP contribution in [0.4, 0.5) is 0 Å². The molecule has 0 bridgehead atoms. The third-order valence-corrected chi connectivity index (χ3v) is 1.59. The van der Waals surface area contributed by atoms with Gasteiger partial charge in [0.05, 0.1) is 0 Å². The molecule has 4 heteroatoms. The topological polar surface area (TPSA) is 18.5 Å². The molecule has 13 heavy (non-hydrogen) atoms. The summed E-state index contributed by atoms with van der Waals surface area (Å²) in [6, 6.07) is 0. The van der Waals surface area contributed by atoms with E-state index >= 15 is 0 Å². The maximum atomic E-state index is 5.30. The Balaban J connectivity index is 0. The standard InChI is InChI=1S/C9H13O2.BrH.Mg/c1-2-3-7-10-9-6-4-5-8-11-9;;/h1,7,9H,3-6,8H2;1H;/q-1;;+2/p-1. The summed E-state index contributed by atoms with van der Waals surface area (Å²) in [7, 11) is 0. The number of halogens is 1. The van der Waals surface area contributed by atoms with Crippen molar-refractivity contribution in [1.82, 2.24) is 0 Å². The molecule has 70 valence electrons. The van der Waals surface area contributed by atoms with E-state index in [2.05, 4.69) is 5.92 Å². The first kappa shape index (κ1) is 16.2. The fourth-order valence-electron chi connectivity index (χ4n) is 1.02. The van der Waals surface area contributed by atoms with Crippen LogP contribution in [0.5, 0.6) is 0 Å². The largest absolute Gasteiger partial charge is 2.00 e. The zero-order valence-corrected chi connectivity index (χ0v) is 10.7. The molecule has 0 saturated carbocycles. The summed E-state index contributed by atoms with van der Waals surface area (Å²) in [6.07, 6.45) is 8.88. The van der Waals surface area contributed by atoms with Gasteiger partial charge in [0.2, 0.25) is 0 Å². The van der Waals surface area contributed by atoms with Gasteiger partial charge in [-0.2, -0.15) is 6.61 Å². The van der Waals surface area contributed by atoms with Crippen molar-refractivity contribution in [2.45, 2.75) is 32.0 Å². The Morgan fingerprint density at radius 1 is 1.54 bits per heavy atom. The fourth-order valence-corrected chi connectivity index (χ4v) is 1.02. The van der Waals surface area contributed by atoms with Gasteiger partial charge >= 0.3 is 23.1 Å². The molecule has 1 aliphatic rings. The van der Waals surface area contributed by atoms with Crippen molar-refractivity contribution in [2.24, 2.45) is 0 Å². The van der Waals surface area contributed by atoms with Crippen molar-refractivity contribution in [1.29, 1.82) is 0 Å². The van der Waals surface area contributed by atoms with Gasteiger partial charge in [-0.15, -0.1) is 12.3 Å². The molecule has 1 atom stereocenters. The molecule has 0 aliphatic carbocycles. The van der Waals surface area contributed by atoms with Gasteiger partial charge < -0.3 is 26.5 Å². The van der Waals surface area contributed by atoms with E-state index in [1.807, 2.05) is 0 Å². The van der Waals surface area contributed by atoms with Gasteiger partial charge in [-0.3, -0.25) is 0 Å². The summed E-state index contributed by atoms with van der Waals surface area (Å²) in [4.78, 5) is 0. The third-order valence-electron chi connectivity index (χ3n) is 1.59. The molecule has 1 unspecified atom stereocenters. The van der Waals surface area contributed by atoms with Crippen molar-refractivity contribution < 1.29 is 26.5 Å². The van der Waals surface area contributed by atoms with E-state index in [0.29, 0.717) is 6.42 Å². The summed E-state index contributed by atoms with van der Waals surface area (Å²) in [5.41, 5.74) is 0. The van der Waals surface area contributed by atoms with Gasteiger partial charge in [0, 0.05) is 6.61 Å². The first-order valence-corrected chi connectivity index (χ1v) is 3.95. The fraction of sp³-hybridized carbons (Fsp3) is 0.667. The predicted octanol–water partition coefficient (Wildman–Crippen LogP) is -1.66. The van der Waals surface area contributed by atoms with Crippen LogP contribution < -0.4 is 17.0 Å². The van der Waals surface area contributed by atoms with Crippen LogP contribution in [0.25, 0.3) is 0 Å². The number of terminal acetylenes is 1. The number of hydrogen-bond donors (Lipinski definition) is 0. The molecular weight excluding hydrogens is 244 g/mol. The molecule has 0 N–H and O–H groups in total. The van der Waals surface area contributed by atoms with Crippen molar-refractivity contribution >= 4 is 23.1 Å². The average molecular weight is 257 g/mol. The Morgan fingerprint density at radius 3 is 2.85 bits per heavy atom. The molecule has 2 nitrogen and oxygen atoms in total. The maximum absolute atomic E-state index is 5.30. The molecule has 1 heterocycles. The molecule has 1 fully saturated rings. The minimum Gasteiger partial charge on any atom is -1.00 e. The van der Waals surface area contributed by atoms with Crippen LogP contribution in [-0.4, -0.2) is 35.9 Å². The monoisotopic (exact) mass is 256 g/mol. The van der Waals surface area contributed by atoms with Crippen molar-refractivity contribution in [3.8, 4) is 12.3 Å². The molecule has 0 aromatic rings. The zero-order valence-electron chi connectivity index (χ0n) is 7.67. The molecule has 0 spiro atoms. The molecule has 1 aliphatic heterocycles. The molecule has 1 rings (SSSR count). The summed E-state index contributed by atoms with van der Waals surface area (Å²) < 4.78 is 10.5. The number of rotatable bonds is 3. The first-order chi connectivity index (χ1) is 5.43. The van der Waals surface area contributed by atoms with Crippen LogP contribution >= 0.6 is 0 Å². The zero-order chi connectivity index (χ0) is 7.94. The van der Waals surface area contributed by atoms with Gasteiger partial charge in [-0.05, 0) is 19.3 Å². The summed E-state index contributed by atoms with van der Waals surface area (Å²) >= 11 is 0. The van der Waals surface area contributed by atoms with E-state index in [9.17, 15) is 0 Å². The number of hydrogen-bond acceptors (Lipinski definition) is 2. The molecule has 0 radical (unpaired) electrons. The predicted molar refractivity (Wildman–Crippen MR) is 48.2 cm³/mol. The number of ether oxygens (including phenoxy) is 2. The SMILES string of the molecule is C#CC[CH-]OC1CCCCO1.[Br-].[Mg+2]. The van der Waals surface area contributed by atoms with Crippen LogP contribution in [0, 0.1) is 19.0 Å². The van der Waals surface area contributed by atoms with E-state index in [-0.39, 0.29) is 46.3 Å². The Kier molecular flexibility index (Phi) is 13.4. The van der Waals surface area contributed by atoms with E-state index in [1.165, 1.54) is 6.42 Å². The second kappa shape index (κ2) is 10.8. The average Bonchev–Trinajstić information content (AvgIpc) is 2.07. The molecule has 0 aromatic heterocycles. The molecule has 1 saturated heterocycles. The van der Waals surface area contributed by atoms with E-state index in [0.717, 1.165) is 19.4 Å². The summed E-state index contributed by atoms with van der Waals surface area (Å²) in [5, 5.41) is 0. The normalized spacial score (nSPS) is 20.7. The first-order valence-electron chi connectivity index (χ1n) is 3.95. The molecular formula is C9H13BrMgO2. The van der Waals surface area contributed by atoms with Crippen LogP contribution in [0.15, 0.2) is 0 Å². The Hall–Kier alpha value is 0.726. The van der Waals surface area contributed by atoms with Gasteiger partial charge in [-0.25, -0.2) is 0 Å². The van der Waals surface area contributed by atoms with Crippen LogP contribution in [0.1, 0.15) is 25.7 Å². The molecule has 0 aromatic carbocycles. The van der Waals surface area contributed by atoms with E-state index < -0.39 is 0 Å². The second-order valence-electron chi connectivity index (χ2n) is 2.51. The van der Waals surface area contributed by atoms with E-state index in [1.54, 1.807) is 6.61 Å². The quantitative estimate of drug-likeness (QED) is 0.261. The van der Waals surface area contributed by atoms with Gasteiger partial charge in [0.1, 0.15) is 6.29 Å². The second-order valence-corrected chi connectivity index (χ2v) is 2.51. The summed E-state index contributed by atoms with van der Waals surface area (Å²) in [6.45, 7) is 2.45.